The normalized spacial score (nSPS) is 25.7. The van der Waals surface area contributed by atoms with E-state index in [1.165, 1.54) is 0 Å². The van der Waals surface area contributed by atoms with Crippen molar-refractivity contribution >= 4 is 5.78 Å². The zero-order valence-corrected chi connectivity index (χ0v) is 9.14. The van der Waals surface area contributed by atoms with Crippen molar-refractivity contribution in [3.8, 4) is 0 Å². The van der Waals surface area contributed by atoms with Crippen LogP contribution in [0.4, 0.5) is 0 Å². The van der Waals surface area contributed by atoms with E-state index >= 15 is 0 Å². The molecular formula is C11H16N2O2. The van der Waals surface area contributed by atoms with Crippen molar-refractivity contribution in [3.63, 3.8) is 0 Å². The van der Waals surface area contributed by atoms with Crippen molar-refractivity contribution in [2.75, 3.05) is 6.61 Å². The van der Waals surface area contributed by atoms with E-state index in [4.69, 9.17) is 4.74 Å². The molecule has 1 aliphatic rings. The molecule has 1 saturated heterocycles. The Kier molecular flexibility index (Phi) is 2.86. The Hall–Kier alpha value is -1.16. The molecule has 1 fully saturated rings. The third kappa shape index (κ3) is 2.26. The molecular weight excluding hydrogens is 192 g/mol. The molecule has 2 atom stereocenters. The summed E-state index contributed by atoms with van der Waals surface area (Å²) in [7, 11) is 1.85. The van der Waals surface area contributed by atoms with Crippen molar-refractivity contribution < 1.29 is 9.53 Å². The summed E-state index contributed by atoms with van der Waals surface area (Å²) in [6.45, 7) is 2.78. The highest BCUT2D eigenvalue weighted by atomic mass is 16.5. The van der Waals surface area contributed by atoms with Crippen LogP contribution in [0.25, 0.3) is 0 Å². The molecule has 4 heteroatoms. The first-order valence-corrected chi connectivity index (χ1v) is 5.28. The highest BCUT2D eigenvalue weighted by Crippen LogP contribution is 2.21. The first-order chi connectivity index (χ1) is 7.16. The standard InChI is InChI=1S/C11H16N2O2/c1-8-3-4-15-11(8)10(14)5-9-6-12-13(2)7-9/h6-8,11H,3-5H2,1-2H3. The minimum absolute atomic E-state index is 0.174. The number of Topliss-reactive ketones (excluding diaryl/α,β-unsaturated/α-hetero) is 1. The number of aryl methyl sites for hydroxylation is 1. The van der Waals surface area contributed by atoms with Gasteiger partial charge in [-0.15, -0.1) is 0 Å². The van der Waals surface area contributed by atoms with Gasteiger partial charge < -0.3 is 4.74 Å². The van der Waals surface area contributed by atoms with Crippen molar-refractivity contribution in [2.24, 2.45) is 13.0 Å². The van der Waals surface area contributed by atoms with Gasteiger partial charge in [0.2, 0.25) is 0 Å². The quantitative estimate of drug-likeness (QED) is 0.743. The maximum atomic E-state index is 11.9. The van der Waals surface area contributed by atoms with Gasteiger partial charge in [-0.3, -0.25) is 9.48 Å². The predicted octanol–water partition coefficient (Wildman–Crippen LogP) is 0.957. The van der Waals surface area contributed by atoms with E-state index in [1.54, 1.807) is 10.9 Å². The van der Waals surface area contributed by atoms with Crippen LogP contribution in [-0.4, -0.2) is 28.3 Å². The van der Waals surface area contributed by atoms with Crippen LogP contribution in [0.15, 0.2) is 12.4 Å². The molecule has 0 aromatic carbocycles. The van der Waals surface area contributed by atoms with Crippen LogP contribution in [0.3, 0.4) is 0 Å². The maximum absolute atomic E-state index is 11.9. The molecule has 2 rings (SSSR count). The Labute approximate surface area is 89.2 Å². The highest BCUT2D eigenvalue weighted by molar-refractivity contribution is 5.85. The molecule has 0 N–H and O–H groups in total. The molecule has 82 valence electrons. The van der Waals surface area contributed by atoms with Crippen molar-refractivity contribution in [3.05, 3.63) is 18.0 Å². The van der Waals surface area contributed by atoms with E-state index < -0.39 is 0 Å². The Bertz CT molecular complexity index is 359. The molecule has 2 heterocycles. The fraction of sp³-hybridized carbons (Fsp3) is 0.636. The number of carbonyl (C=O) groups excluding carboxylic acids is 1. The topological polar surface area (TPSA) is 44.1 Å². The van der Waals surface area contributed by atoms with Crippen LogP contribution < -0.4 is 0 Å². The van der Waals surface area contributed by atoms with Gasteiger partial charge in [-0.1, -0.05) is 6.92 Å². The molecule has 4 nitrogen and oxygen atoms in total. The van der Waals surface area contributed by atoms with E-state index in [9.17, 15) is 4.79 Å². The number of nitrogens with zero attached hydrogens (tertiary/aromatic N) is 2. The molecule has 1 aromatic rings. The zero-order chi connectivity index (χ0) is 10.8. The summed E-state index contributed by atoms with van der Waals surface area (Å²) in [6.07, 6.45) is 4.83. The fourth-order valence-electron chi connectivity index (χ4n) is 1.97. The largest absolute Gasteiger partial charge is 0.370 e. The van der Waals surface area contributed by atoms with E-state index in [-0.39, 0.29) is 11.9 Å². The van der Waals surface area contributed by atoms with Crippen LogP contribution in [0, 0.1) is 5.92 Å². The molecule has 0 amide bonds. The van der Waals surface area contributed by atoms with Gasteiger partial charge in [0.1, 0.15) is 6.10 Å². The SMILES string of the molecule is CC1CCOC1C(=O)Cc1cnn(C)c1. The van der Waals surface area contributed by atoms with Crippen LogP contribution in [0.1, 0.15) is 18.9 Å². The van der Waals surface area contributed by atoms with Crippen LogP contribution in [-0.2, 0) is 23.0 Å². The Morgan fingerprint density at radius 3 is 3.07 bits per heavy atom. The first kappa shape index (κ1) is 10.4. The smallest absolute Gasteiger partial charge is 0.166 e. The van der Waals surface area contributed by atoms with Gasteiger partial charge in [0, 0.05) is 26.3 Å². The number of carbonyl (C=O) groups is 1. The fourth-order valence-corrected chi connectivity index (χ4v) is 1.97. The number of ketones is 1. The average molecular weight is 208 g/mol. The summed E-state index contributed by atoms with van der Waals surface area (Å²) in [4.78, 5) is 11.9. The molecule has 15 heavy (non-hydrogen) atoms. The zero-order valence-electron chi connectivity index (χ0n) is 9.14. The van der Waals surface area contributed by atoms with Crippen molar-refractivity contribution in [1.82, 2.24) is 9.78 Å². The van der Waals surface area contributed by atoms with Gasteiger partial charge >= 0.3 is 0 Å². The van der Waals surface area contributed by atoms with Crippen molar-refractivity contribution in [1.29, 1.82) is 0 Å². The summed E-state index contributed by atoms with van der Waals surface area (Å²) < 4.78 is 7.14. The minimum atomic E-state index is -0.204. The second-order valence-corrected chi connectivity index (χ2v) is 4.22. The predicted molar refractivity (Wildman–Crippen MR) is 55.4 cm³/mol. The second kappa shape index (κ2) is 4.14. The van der Waals surface area contributed by atoms with Gasteiger partial charge in [-0.25, -0.2) is 0 Å². The average Bonchev–Trinajstić information content (AvgIpc) is 2.75. The number of hydrogen-bond acceptors (Lipinski definition) is 3. The molecule has 2 unspecified atom stereocenters. The maximum Gasteiger partial charge on any atom is 0.166 e. The molecule has 1 aromatic heterocycles. The highest BCUT2D eigenvalue weighted by Gasteiger charge is 2.30. The van der Waals surface area contributed by atoms with E-state index in [0.29, 0.717) is 18.9 Å². The van der Waals surface area contributed by atoms with E-state index in [1.807, 2.05) is 13.2 Å². The van der Waals surface area contributed by atoms with Gasteiger partial charge in [0.25, 0.3) is 0 Å². The number of rotatable bonds is 3. The lowest BCUT2D eigenvalue weighted by molar-refractivity contribution is -0.128. The summed E-state index contributed by atoms with van der Waals surface area (Å²) >= 11 is 0. The monoisotopic (exact) mass is 208 g/mol. The van der Waals surface area contributed by atoms with Gasteiger partial charge in [0.15, 0.2) is 5.78 Å². The number of hydrogen-bond donors (Lipinski definition) is 0. The molecule has 0 spiro atoms. The molecule has 0 radical (unpaired) electrons. The Morgan fingerprint density at radius 2 is 2.53 bits per heavy atom. The Balaban J connectivity index is 1.97. The van der Waals surface area contributed by atoms with Crippen molar-refractivity contribution in [2.45, 2.75) is 25.9 Å². The lowest BCUT2D eigenvalue weighted by atomic mass is 9.97. The van der Waals surface area contributed by atoms with Gasteiger partial charge in [-0.05, 0) is 17.9 Å². The molecule has 1 aliphatic heterocycles. The summed E-state index contributed by atoms with van der Waals surface area (Å²) in [5.74, 6) is 0.530. The molecule has 0 saturated carbocycles. The third-order valence-electron chi connectivity index (χ3n) is 2.84. The van der Waals surface area contributed by atoms with E-state index in [2.05, 4.69) is 12.0 Å². The molecule has 0 aliphatic carbocycles. The van der Waals surface area contributed by atoms with Crippen LogP contribution >= 0.6 is 0 Å². The third-order valence-corrected chi connectivity index (χ3v) is 2.84. The van der Waals surface area contributed by atoms with Crippen LogP contribution in [0.2, 0.25) is 0 Å². The van der Waals surface area contributed by atoms with Crippen LogP contribution in [0.5, 0.6) is 0 Å². The summed E-state index contributed by atoms with van der Waals surface area (Å²) in [5, 5.41) is 4.04. The van der Waals surface area contributed by atoms with Gasteiger partial charge in [0.05, 0.1) is 6.20 Å². The number of ether oxygens (including phenoxy) is 1. The Morgan fingerprint density at radius 1 is 1.73 bits per heavy atom. The second-order valence-electron chi connectivity index (χ2n) is 4.22. The van der Waals surface area contributed by atoms with Gasteiger partial charge in [-0.2, -0.15) is 5.10 Å². The lowest BCUT2D eigenvalue weighted by Gasteiger charge is -2.12. The first-order valence-electron chi connectivity index (χ1n) is 5.28. The molecule has 0 bridgehead atoms. The summed E-state index contributed by atoms with van der Waals surface area (Å²) in [6, 6.07) is 0. The number of aromatic nitrogens is 2. The summed E-state index contributed by atoms with van der Waals surface area (Å²) in [5.41, 5.74) is 0.963. The van der Waals surface area contributed by atoms with E-state index in [0.717, 1.165) is 12.0 Å². The minimum Gasteiger partial charge on any atom is -0.370 e. The lowest BCUT2D eigenvalue weighted by Crippen LogP contribution is -2.26.